The van der Waals surface area contributed by atoms with Gasteiger partial charge in [0.15, 0.2) is 0 Å². The Morgan fingerprint density at radius 2 is 2.29 bits per heavy atom. The second-order valence-electron chi connectivity index (χ2n) is 3.59. The van der Waals surface area contributed by atoms with Gasteiger partial charge in [-0.25, -0.2) is 4.98 Å². The zero-order chi connectivity index (χ0) is 10.8. The maximum Gasteiger partial charge on any atom is 0.221 e. The fraction of sp³-hybridized carbons (Fsp3) is 0.500. The maximum absolute atomic E-state index is 9.06. The molecule has 0 aliphatic rings. The molecule has 0 aromatic carbocycles. The third-order valence-electron chi connectivity index (χ3n) is 1.61. The minimum atomic E-state index is -0.441. The predicted octanol–water partition coefficient (Wildman–Crippen LogP) is 1.00. The summed E-state index contributed by atoms with van der Waals surface area (Å²) in [6, 6.07) is 0. The van der Waals surface area contributed by atoms with Gasteiger partial charge in [0.1, 0.15) is 5.82 Å². The van der Waals surface area contributed by atoms with E-state index >= 15 is 0 Å². The van der Waals surface area contributed by atoms with Crippen molar-refractivity contribution in [2.24, 2.45) is 0 Å². The van der Waals surface area contributed by atoms with Crippen LogP contribution in [-0.4, -0.2) is 27.2 Å². The molecule has 78 valence electrons. The molecule has 1 rings (SSSR count). The summed E-state index contributed by atoms with van der Waals surface area (Å²) in [6.07, 6.45) is 1.57. The minimum Gasteiger partial charge on any atom is -0.394 e. The highest BCUT2D eigenvalue weighted by Crippen LogP contribution is 2.22. The molecule has 0 aliphatic carbocycles. The van der Waals surface area contributed by atoms with Crippen LogP contribution >= 0.6 is 15.9 Å². The van der Waals surface area contributed by atoms with E-state index in [-0.39, 0.29) is 12.6 Å². The maximum atomic E-state index is 9.06. The van der Waals surface area contributed by atoms with Gasteiger partial charge >= 0.3 is 0 Å². The fourth-order valence-electron chi connectivity index (χ4n) is 0.828. The normalized spacial score (nSPS) is 11.4. The van der Waals surface area contributed by atoms with Gasteiger partial charge in [0, 0.05) is 6.20 Å². The van der Waals surface area contributed by atoms with Crippen molar-refractivity contribution < 1.29 is 5.11 Å². The summed E-state index contributed by atoms with van der Waals surface area (Å²) in [4.78, 5) is 7.82. The first-order valence-corrected chi connectivity index (χ1v) is 4.91. The van der Waals surface area contributed by atoms with Gasteiger partial charge in [-0.1, -0.05) is 0 Å². The van der Waals surface area contributed by atoms with Crippen molar-refractivity contribution in [2.45, 2.75) is 19.4 Å². The molecule has 0 fully saturated rings. The predicted molar refractivity (Wildman–Crippen MR) is 58.9 cm³/mol. The van der Waals surface area contributed by atoms with E-state index in [1.165, 1.54) is 0 Å². The van der Waals surface area contributed by atoms with Crippen LogP contribution < -0.4 is 11.1 Å². The van der Waals surface area contributed by atoms with E-state index in [1.807, 2.05) is 13.8 Å². The third-order valence-corrected chi connectivity index (χ3v) is 2.20. The van der Waals surface area contributed by atoms with E-state index in [0.29, 0.717) is 10.3 Å². The molecule has 0 saturated carbocycles. The SMILES string of the molecule is CC(C)(CO)Nc1nc(N)ncc1Br. The van der Waals surface area contributed by atoms with E-state index in [0.717, 1.165) is 0 Å². The largest absolute Gasteiger partial charge is 0.394 e. The average Bonchev–Trinajstić information content (AvgIpc) is 2.11. The summed E-state index contributed by atoms with van der Waals surface area (Å²) < 4.78 is 0.716. The Kier molecular flexibility index (Phi) is 3.28. The lowest BCUT2D eigenvalue weighted by atomic mass is 10.1. The zero-order valence-electron chi connectivity index (χ0n) is 8.08. The number of aliphatic hydroxyl groups is 1. The van der Waals surface area contributed by atoms with E-state index in [9.17, 15) is 0 Å². The van der Waals surface area contributed by atoms with Crippen molar-refractivity contribution in [3.8, 4) is 0 Å². The smallest absolute Gasteiger partial charge is 0.221 e. The highest BCUT2D eigenvalue weighted by atomic mass is 79.9. The van der Waals surface area contributed by atoms with Gasteiger partial charge in [-0.2, -0.15) is 4.98 Å². The minimum absolute atomic E-state index is 0.00332. The quantitative estimate of drug-likeness (QED) is 0.756. The van der Waals surface area contributed by atoms with Gasteiger partial charge in [0.25, 0.3) is 0 Å². The lowest BCUT2D eigenvalue weighted by molar-refractivity contribution is 0.234. The van der Waals surface area contributed by atoms with Crippen LogP contribution in [-0.2, 0) is 0 Å². The first kappa shape index (κ1) is 11.2. The second-order valence-corrected chi connectivity index (χ2v) is 4.45. The van der Waals surface area contributed by atoms with Crippen LogP contribution in [0.1, 0.15) is 13.8 Å². The molecule has 1 aromatic heterocycles. The Morgan fingerprint density at radius 1 is 1.64 bits per heavy atom. The van der Waals surface area contributed by atoms with E-state index in [1.54, 1.807) is 6.20 Å². The van der Waals surface area contributed by atoms with Gasteiger partial charge in [-0.05, 0) is 29.8 Å². The second kappa shape index (κ2) is 4.10. The number of anilines is 2. The van der Waals surface area contributed by atoms with Crippen LogP contribution in [0.25, 0.3) is 0 Å². The lowest BCUT2D eigenvalue weighted by Gasteiger charge is -2.24. The first-order chi connectivity index (χ1) is 6.44. The number of aromatic nitrogens is 2. The molecule has 0 radical (unpaired) electrons. The molecular formula is C8H13BrN4O. The molecule has 14 heavy (non-hydrogen) atoms. The molecule has 1 heterocycles. The number of hydrogen-bond acceptors (Lipinski definition) is 5. The molecule has 1 aromatic rings. The van der Waals surface area contributed by atoms with Crippen LogP contribution in [0.15, 0.2) is 10.7 Å². The van der Waals surface area contributed by atoms with E-state index < -0.39 is 5.54 Å². The van der Waals surface area contributed by atoms with Crippen molar-refractivity contribution in [3.05, 3.63) is 10.7 Å². The number of nitrogens with two attached hydrogens (primary N) is 1. The van der Waals surface area contributed by atoms with Crippen molar-refractivity contribution in [2.75, 3.05) is 17.7 Å². The third kappa shape index (κ3) is 2.81. The molecule has 0 amide bonds. The lowest BCUT2D eigenvalue weighted by Crippen LogP contribution is -2.35. The Labute approximate surface area is 90.9 Å². The number of hydrogen-bond donors (Lipinski definition) is 3. The summed E-state index contributed by atoms with van der Waals surface area (Å²) >= 11 is 3.29. The molecule has 4 N–H and O–H groups in total. The molecule has 0 unspecified atom stereocenters. The van der Waals surface area contributed by atoms with Crippen LogP contribution in [0.5, 0.6) is 0 Å². The monoisotopic (exact) mass is 260 g/mol. The summed E-state index contributed by atoms with van der Waals surface area (Å²) in [6.45, 7) is 3.72. The van der Waals surface area contributed by atoms with Crippen LogP contribution in [0.2, 0.25) is 0 Å². The fourth-order valence-corrected chi connectivity index (χ4v) is 1.12. The number of rotatable bonds is 3. The Bertz CT molecular complexity index is 329. The van der Waals surface area contributed by atoms with Gasteiger partial charge < -0.3 is 16.2 Å². The van der Waals surface area contributed by atoms with Crippen molar-refractivity contribution in [1.29, 1.82) is 0 Å². The Balaban J connectivity index is 2.91. The topological polar surface area (TPSA) is 84.1 Å². The number of nitrogens with one attached hydrogen (secondary N) is 1. The molecule has 0 spiro atoms. The standard InChI is InChI=1S/C8H13BrN4O/c1-8(2,4-14)13-6-5(9)3-11-7(10)12-6/h3,14H,4H2,1-2H3,(H3,10,11,12,13). The van der Waals surface area contributed by atoms with Gasteiger partial charge in [-0.15, -0.1) is 0 Å². The summed E-state index contributed by atoms with van der Waals surface area (Å²) in [5.41, 5.74) is 5.00. The molecule has 0 bridgehead atoms. The number of nitrogens with zero attached hydrogens (tertiary/aromatic N) is 2. The summed E-state index contributed by atoms with van der Waals surface area (Å²) in [5, 5.41) is 12.1. The van der Waals surface area contributed by atoms with Gasteiger partial charge in [0.05, 0.1) is 16.6 Å². The summed E-state index contributed by atoms with van der Waals surface area (Å²) in [5.74, 6) is 0.779. The first-order valence-electron chi connectivity index (χ1n) is 4.12. The van der Waals surface area contributed by atoms with Gasteiger partial charge in [0.2, 0.25) is 5.95 Å². The molecule has 5 nitrogen and oxygen atoms in total. The number of aliphatic hydroxyl groups excluding tert-OH is 1. The summed E-state index contributed by atoms with van der Waals surface area (Å²) in [7, 11) is 0. The number of nitrogen functional groups attached to an aromatic ring is 1. The molecule has 0 atom stereocenters. The molecule has 0 aliphatic heterocycles. The van der Waals surface area contributed by atoms with Crippen LogP contribution in [0.3, 0.4) is 0 Å². The van der Waals surface area contributed by atoms with Crippen molar-refractivity contribution in [3.63, 3.8) is 0 Å². The molecular weight excluding hydrogens is 248 g/mol. The molecule has 0 saturated heterocycles. The van der Waals surface area contributed by atoms with Crippen molar-refractivity contribution in [1.82, 2.24) is 9.97 Å². The highest BCUT2D eigenvalue weighted by Gasteiger charge is 2.18. The Morgan fingerprint density at radius 3 is 2.86 bits per heavy atom. The van der Waals surface area contributed by atoms with E-state index in [2.05, 4.69) is 31.2 Å². The van der Waals surface area contributed by atoms with Crippen molar-refractivity contribution >= 4 is 27.7 Å². The Hall–Kier alpha value is -0.880. The molecule has 6 heteroatoms. The van der Waals surface area contributed by atoms with E-state index in [4.69, 9.17) is 10.8 Å². The highest BCUT2D eigenvalue weighted by molar-refractivity contribution is 9.10. The van der Waals surface area contributed by atoms with Gasteiger partial charge in [-0.3, -0.25) is 0 Å². The number of halogens is 1. The van der Waals surface area contributed by atoms with Crippen LogP contribution in [0, 0.1) is 0 Å². The average molecular weight is 261 g/mol. The van der Waals surface area contributed by atoms with Crippen LogP contribution in [0.4, 0.5) is 11.8 Å². The zero-order valence-corrected chi connectivity index (χ0v) is 9.67.